The molecule has 0 amide bonds. The van der Waals surface area contributed by atoms with E-state index in [0.29, 0.717) is 11.3 Å². The summed E-state index contributed by atoms with van der Waals surface area (Å²) in [6.07, 6.45) is 1.27. The van der Waals surface area contributed by atoms with Gasteiger partial charge in [0.1, 0.15) is 0 Å². The van der Waals surface area contributed by atoms with Crippen LogP contribution in [-0.2, 0) is 0 Å². The Balaban J connectivity index is 2.61. The van der Waals surface area contributed by atoms with Gasteiger partial charge >= 0.3 is 0 Å². The van der Waals surface area contributed by atoms with E-state index in [9.17, 15) is 0 Å². The maximum Gasteiger partial charge on any atom is 0.0437 e. The average Bonchev–Trinajstić information content (AvgIpc) is 2.42. The smallest absolute Gasteiger partial charge is 0.0437 e. The first-order valence-electron chi connectivity index (χ1n) is 7.08. The molecule has 0 heterocycles. The van der Waals surface area contributed by atoms with Crippen LogP contribution in [-0.4, -0.2) is 17.5 Å². The van der Waals surface area contributed by atoms with Gasteiger partial charge in [0, 0.05) is 11.3 Å². The molecule has 0 spiro atoms. The fraction of sp³-hybridized carbons (Fsp3) is 0.625. The summed E-state index contributed by atoms with van der Waals surface area (Å²) in [4.78, 5) is 0. The molecule has 0 aromatic heterocycles. The molecule has 3 unspecified atom stereocenters. The predicted octanol–water partition coefficient (Wildman–Crippen LogP) is 4.51. The van der Waals surface area contributed by atoms with Crippen molar-refractivity contribution in [1.29, 1.82) is 0 Å². The van der Waals surface area contributed by atoms with Crippen molar-refractivity contribution in [1.82, 2.24) is 5.32 Å². The molecule has 0 aliphatic heterocycles. The molecule has 1 rings (SSSR count). The van der Waals surface area contributed by atoms with Crippen LogP contribution in [0.5, 0.6) is 0 Å². The second-order valence-corrected chi connectivity index (χ2v) is 6.41. The monoisotopic (exact) mass is 265 g/mol. The molecule has 0 radical (unpaired) electrons. The van der Waals surface area contributed by atoms with E-state index in [-0.39, 0.29) is 0 Å². The SMILES string of the molecule is CCNC(c1ccccc1)C(C)SCC(C)CC. The number of thioether (sulfide) groups is 1. The molecule has 1 nitrogen and oxygen atoms in total. The molecule has 3 atom stereocenters. The Labute approximate surface area is 117 Å². The van der Waals surface area contributed by atoms with E-state index in [1.807, 2.05) is 0 Å². The van der Waals surface area contributed by atoms with Crippen molar-refractivity contribution in [2.24, 2.45) is 5.92 Å². The van der Waals surface area contributed by atoms with E-state index in [0.717, 1.165) is 12.5 Å². The maximum absolute atomic E-state index is 3.62. The Morgan fingerprint density at radius 3 is 2.33 bits per heavy atom. The molecule has 0 aliphatic carbocycles. The maximum atomic E-state index is 3.62. The summed E-state index contributed by atoms with van der Waals surface area (Å²) < 4.78 is 0. The largest absolute Gasteiger partial charge is 0.309 e. The van der Waals surface area contributed by atoms with E-state index in [2.05, 4.69) is 75.1 Å². The summed E-state index contributed by atoms with van der Waals surface area (Å²) in [6.45, 7) is 10.2. The Bertz CT molecular complexity index is 312. The van der Waals surface area contributed by atoms with Gasteiger partial charge in [0.05, 0.1) is 0 Å². The molecule has 1 N–H and O–H groups in total. The van der Waals surface area contributed by atoms with Gasteiger partial charge in [0.25, 0.3) is 0 Å². The third-order valence-electron chi connectivity index (χ3n) is 3.39. The Morgan fingerprint density at radius 1 is 1.11 bits per heavy atom. The molecule has 102 valence electrons. The van der Waals surface area contributed by atoms with Crippen molar-refractivity contribution in [2.75, 3.05) is 12.3 Å². The molecule has 0 bridgehead atoms. The highest BCUT2D eigenvalue weighted by Crippen LogP contribution is 2.28. The van der Waals surface area contributed by atoms with E-state index < -0.39 is 0 Å². The molecule has 0 saturated heterocycles. The van der Waals surface area contributed by atoms with Crippen LogP contribution in [0.2, 0.25) is 0 Å². The van der Waals surface area contributed by atoms with Gasteiger partial charge in [-0.15, -0.1) is 0 Å². The molecular weight excluding hydrogens is 238 g/mol. The third kappa shape index (κ3) is 5.03. The fourth-order valence-corrected chi connectivity index (χ4v) is 3.28. The van der Waals surface area contributed by atoms with Gasteiger partial charge in [-0.05, 0) is 23.8 Å². The zero-order valence-corrected chi connectivity index (χ0v) is 13.0. The van der Waals surface area contributed by atoms with Crippen LogP contribution in [0.1, 0.15) is 45.7 Å². The lowest BCUT2D eigenvalue weighted by Gasteiger charge is -2.26. The van der Waals surface area contributed by atoms with E-state index in [4.69, 9.17) is 0 Å². The number of nitrogens with one attached hydrogen (secondary N) is 1. The molecule has 18 heavy (non-hydrogen) atoms. The second-order valence-electron chi connectivity index (χ2n) is 5.00. The van der Waals surface area contributed by atoms with Gasteiger partial charge < -0.3 is 5.32 Å². The van der Waals surface area contributed by atoms with Crippen LogP contribution in [0, 0.1) is 5.92 Å². The summed E-state index contributed by atoms with van der Waals surface area (Å²) in [5, 5.41) is 4.23. The number of hydrogen-bond acceptors (Lipinski definition) is 2. The Morgan fingerprint density at radius 2 is 1.78 bits per heavy atom. The van der Waals surface area contributed by atoms with Crippen LogP contribution in [0.3, 0.4) is 0 Å². The first-order valence-corrected chi connectivity index (χ1v) is 8.13. The van der Waals surface area contributed by atoms with Crippen LogP contribution >= 0.6 is 11.8 Å². The van der Waals surface area contributed by atoms with Crippen molar-refractivity contribution in [2.45, 2.75) is 45.4 Å². The van der Waals surface area contributed by atoms with Crippen molar-refractivity contribution in [3.8, 4) is 0 Å². The van der Waals surface area contributed by atoms with Gasteiger partial charge in [-0.3, -0.25) is 0 Å². The lowest BCUT2D eigenvalue weighted by atomic mass is 10.0. The van der Waals surface area contributed by atoms with Crippen molar-refractivity contribution < 1.29 is 0 Å². The zero-order valence-electron chi connectivity index (χ0n) is 12.1. The minimum Gasteiger partial charge on any atom is -0.309 e. The predicted molar refractivity (Wildman–Crippen MR) is 84.2 cm³/mol. The highest BCUT2D eigenvalue weighted by atomic mass is 32.2. The Hall–Kier alpha value is -0.470. The van der Waals surface area contributed by atoms with Crippen LogP contribution in [0.4, 0.5) is 0 Å². The normalized spacial score (nSPS) is 16.2. The molecule has 1 aromatic rings. The topological polar surface area (TPSA) is 12.0 Å². The highest BCUT2D eigenvalue weighted by Gasteiger charge is 2.18. The summed E-state index contributed by atoms with van der Waals surface area (Å²) in [5.41, 5.74) is 1.41. The minimum absolute atomic E-state index is 0.463. The zero-order chi connectivity index (χ0) is 13.4. The van der Waals surface area contributed by atoms with E-state index >= 15 is 0 Å². The first-order chi connectivity index (χ1) is 8.69. The number of rotatable bonds is 8. The minimum atomic E-state index is 0.463. The number of benzene rings is 1. The van der Waals surface area contributed by atoms with E-state index in [1.54, 1.807) is 0 Å². The van der Waals surface area contributed by atoms with Crippen molar-refractivity contribution >= 4 is 11.8 Å². The fourth-order valence-electron chi connectivity index (χ4n) is 1.97. The molecule has 0 aliphatic rings. The van der Waals surface area contributed by atoms with Crippen LogP contribution in [0.25, 0.3) is 0 Å². The Kier molecular flexibility index (Phi) is 7.45. The average molecular weight is 265 g/mol. The second kappa shape index (κ2) is 8.60. The van der Waals surface area contributed by atoms with Gasteiger partial charge in [-0.2, -0.15) is 11.8 Å². The third-order valence-corrected chi connectivity index (χ3v) is 4.95. The van der Waals surface area contributed by atoms with Gasteiger partial charge in [-0.25, -0.2) is 0 Å². The van der Waals surface area contributed by atoms with Crippen molar-refractivity contribution in [3.63, 3.8) is 0 Å². The summed E-state index contributed by atoms with van der Waals surface area (Å²) in [7, 11) is 0. The van der Waals surface area contributed by atoms with E-state index in [1.165, 1.54) is 17.7 Å². The molecule has 1 aromatic carbocycles. The van der Waals surface area contributed by atoms with Gasteiger partial charge in [0.2, 0.25) is 0 Å². The molecule has 2 heteroatoms. The van der Waals surface area contributed by atoms with Crippen LogP contribution in [0.15, 0.2) is 30.3 Å². The highest BCUT2D eigenvalue weighted by molar-refractivity contribution is 7.99. The standard InChI is InChI=1S/C16H27NS/c1-5-13(3)12-18-14(4)16(17-6-2)15-10-8-7-9-11-15/h7-11,13-14,16-17H,5-6,12H2,1-4H3. The van der Waals surface area contributed by atoms with Crippen molar-refractivity contribution in [3.05, 3.63) is 35.9 Å². The van der Waals surface area contributed by atoms with Gasteiger partial charge in [0.15, 0.2) is 0 Å². The molecule has 0 saturated carbocycles. The van der Waals surface area contributed by atoms with Gasteiger partial charge in [-0.1, -0.05) is 64.4 Å². The lowest BCUT2D eigenvalue weighted by Crippen LogP contribution is -2.29. The van der Waals surface area contributed by atoms with Crippen LogP contribution < -0.4 is 5.32 Å². The molecule has 0 fully saturated rings. The summed E-state index contributed by atoms with van der Waals surface area (Å²) in [6, 6.07) is 11.3. The first kappa shape index (κ1) is 15.6. The summed E-state index contributed by atoms with van der Waals surface area (Å²) in [5.74, 6) is 2.07. The molecular formula is C16H27NS. The number of hydrogen-bond donors (Lipinski definition) is 1. The summed E-state index contributed by atoms with van der Waals surface area (Å²) >= 11 is 2.09. The quantitative estimate of drug-likeness (QED) is 0.742. The lowest BCUT2D eigenvalue weighted by molar-refractivity contribution is 0.545.